The van der Waals surface area contributed by atoms with Crippen molar-refractivity contribution in [1.82, 2.24) is 0 Å². The predicted molar refractivity (Wildman–Crippen MR) is 168 cm³/mol. The number of hydrogen-bond donors (Lipinski definition) is 3. The van der Waals surface area contributed by atoms with Crippen molar-refractivity contribution < 1.29 is 42.1 Å². The van der Waals surface area contributed by atoms with Crippen molar-refractivity contribution in [3.63, 3.8) is 0 Å². The van der Waals surface area contributed by atoms with E-state index in [0.717, 1.165) is 54.5 Å². The monoisotopic (exact) mass is 658 g/mol. The van der Waals surface area contributed by atoms with Crippen LogP contribution in [0, 0.1) is 5.41 Å². The predicted octanol–water partition coefficient (Wildman–Crippen LogP) is 11.0. The topological polar surface area (TPSA) is 77.8 Å². The Bertz CT molecular complexity index is 1240. The highest BCUT2D eigenvalue weighted by molar-refractivity contribution is 7.99. The number of aliphatic carboxylic acids is 1. The first-order chi connectivity index (χ1) is 21.2. The van der Waals surface area contributed by atoms with Crippen molar-refractivity contribution >= 4 is 17.7 Å². The summed E-state index contributed by atoms with van der Waals surface area (Å²) in [5, 5.41) is 31.4. The van der Waals surface area contributed by atoms with Crippen LogP contribution < -0.4 is 0 Å². The van der Waals surface area contributed by atoms with Crippen LogP contribution in [0.3, 0.4) is 0 Å². The van der Waals surface area contributed by atoms with Gasteiger partial charge < -0.3 is 15.3 Å². The first kappa shape index (κ1) is 37.0. The molecule has 4 nitrogen and oxygen atoms in total. The van der Waals surface area contributed by atoms with Crippen LogP contribution in [0.25, 0.3) is 0 Å². The summed E-state index contributed by atoms with van der Waals surface area (Å²) < 4.78 is 64.8. The Labute approximate surface area is 267 Å². The molecule has 3 atom stereocenters. The summed E-state index contributed by atoms with van der Waals surface area (Å²) in [6.45, 7) is 4.18. The number of carbonyl (C=O) groups is 1. The second-order valence-corrected chi connectivity index (χ2v) is 13.9. The number of rotatable bonds is 18. The van der Waals surface area contributed by atoms with E-state index < -0.39 is 41.2 Å². The third-order valence-corrected chi connectivity index (χ3v) is 10.9. The quantitative estimate of drug-likeness (QED) is 0.110. The van der Waals surface area contributed by atoms with Gasteiger partial charge in [-0.05, 0) is 54.7 Å². The second kappa shape index (κ2) is 15.9. The van der Waals surface area contributed by atoms with Gasteiger partial charge in [-0.15, -0.1) is 11.8 Å². The van der Waals surface area contributed by atoms with E-state index in [4.69, 9.17) is 0 Å². The molecule has 0 amide bonds. The fourth-order valence-electron chi connectivity index (χ4n) is 6.97. The average molecular weight is 659 g/mol. The van der Waals surface area contributed by atoms with Gasteiger partial charge in [-0.1, -0.05) is 96.3 Å². The minimum Gasteiger partial charge on any atom is -0.508 e. The number of benzene rings is 2. The lowest BCUT2D eigenvalue weighted by Gasteiger charge is -2.51. The molecular weight excluding hydrogens is 611 g/mol. The molecule has 2 aromatic rings. The first-order valence-electron chi connectivity index (χ1n) is 16.1. The van der Waals surface area contributed by atoms with Gasteiger partial charge in [-0.2, -0.15) is 22.0 Å². The van der Waals surface area contributed by atoms with E-state index >= 15 is 0 Å². The van der Waals surface area contributed by atoms with Gasteiger partial charge >= 0.3 is 18.1 Å². The molecule has 1 heterocycles. The number of unbranched alkanes of at least 4 members (excludes halogenated alkanes) is 9. The number of phenolic OH excluding ortho intramolecular Hbond substituents is 2. The van der Waals surface area contributed by atoms with E-state index in [-0.39, 0.29) is 30.8 Å². The van der Waals surface area contributed by atoms with E-state index in [2.05, 4.69) is 6.92 Å². The van der Waals surface area contributed by atoms with Crippen LogP contribution in [0.15, 0.2) is 47.4 Å². The number of fused-ring (bicyclic) bond motifs is 1. The smallest absolute Gasteiger partial charge is 0.453 e. The van der Waals surface area contributed by atoms with Gasteiger partial charge in [-0.3, -0.25) is 4.79 Å². The van der Waals surface area contributed by atoms with Crippen molar-refractivity contribution in [3.05, 3.63) is 53.6 Å². The van der Waals surface area contributed by atoms with E-state index in [1.165, 1.54) is 0 Å². The minimum absolute atomic E-state index is 0.0805. The summed E-state index contributed by atoms with van der Waals surface area (Å²) in [5.74, 6) is -5.53. The second-order valence-electron chi connectivity index (χ2n) is 12.9. The molecule has 10 heteroatoms. The summed E-state index contributed by atoms with van der Waals surface area (Å²) in [4.78, 5) is 14.4. The molecule has 1 aliphatic rings. The van der Waals surface area contributed by atoms with Gasteiger partial charge in [0.1, 0.15) is 11.5 Å². The molecule has 252 valence electrons. The maximum Gasteiger partial charge on any atom is 0.453 e. The van der Waals surface area contributed by atoms with Crippen molar-refractivity contribution in [2.24, 2.45) is 5.41 Å². The number of phenols is 2. The highest BCUT2D eigenvalue weighted by Crippen LogP contribution is 2.60. The molecule has 3 rings (SSSR count). The van der Waals surface area contributed by atoms with Crippen molar-refractivity contribution in [2.75, 3.05) is 5.75 Å². The van der Waals surface area contributed by atoms with Crippen LogP contribution in [0.1, 0.15) is 121 Å². The van der Waals surface area contributed by atoms with Crippen LogP contribution in [0.2, 0.25) is 0 Å². The molecule has 0 fully saturated rings. The molecule has 0 bridgehead atoms. The fourth-order valence-corrected chi connectivity index (χ4v) is 8.32. The lowest BCUT2D eigenvalue weighted by molar-refractivity contribution is -0.284. The molecule has 0 aliphatic carbocycles. The number of carboxylic acids is 1. The van der Waals surface area contributed by atoms with E-state index in [0.29, 0.717) is 31.4 Å². The molecule has 0 spiro atoms. The number of hydrogen-bond acceptors (Lipinski definition) is 4. The number of carboxylic acid groups (broad SMARTS) is 1. The zero-order valence-electron chi connectivity index (χ0n) is 26.3. The summed E-state index contributed by atoms with van der Waals surface area (Å²) in [6, 6.07) is 11.8. The first-order valence-corrected chi connectivity index (χ1v) is 17.1. The number of thioether (sulfide) groups is 1. The molecule has 0 saturated carbocycles. The SMILES string of the molecule is CCCCCCCCCC(CCCCCCC(F)(F)C(F)(F)F)(C(=O)O)C1c2ccc(O)cc2SCC1(C)c1ccc(O)cc1. The van der Waals surface area contributed by atoms with Crippen molar-refractivity contribution in [1.29, 1.82) is 0 Å². The number of halogens is 5. The van der Waals surface area contributed by atoms with Crippen molar-refractivity contribution in [3.8, 4) is 11.5 Å². The zero-order chi connectivity index (χ0) is 33.3. The third-order valence-electron chi connectivity index (χ3n) is 9.48. The van der Waals surface area contributed by atoms with Gasteiger partial charge in [0.05, 0.1) is 5.41 Å². The molecule has 45 heavy (non-hydrogen) atoms. The Balaban J connectivity index is 1.95. The summed E-state index contributed by atoms with van der Waals surface area (Å²) >= 11 is 1.54. The van der Waals surface area contributed by atoms with Crippen LogP contribution in [-0.2, 0) is 10.2 Å². The van der Waals surface area contributed by atoms with Gasteiger partial charge in [0, 0.05) is 28.4 Å². The summed E-state index contributed by atoms with van der Waals surface area (Å²) in [6.07, 6.45) is 1.29. The van der Waals surface area contributed by atoms with E-state index in [9.17, 15) is 42.1 Å². The van der Waals surface area contributed by atoms with Crippen LogP contribution in [0.4, 0.5) is 22.0 Å². The fraction of sp³-hybridized carbons (Fsp3) is 0.629. The molecule has 0 saturated heterocycles. The van der Waals surface area contributed by atoms with Gasteiger partial charge in [0.15, 0.2) is 0 Å². The number of aromatic hydroxyl groups is 2. The maximum atomic E-state index is 13.6. The Hall–Kier alpha value is -2.49. The van der Waals surface area contributed by atoms with E-state index in [1.54, 1.807) is 42.1 Å². The Morgan fingerprint density at radius 2 is 1.31 bits per heavy atom. The molecule has 2 aromatic carbocycles. The maximum absolute atomic E-state index is 13.6. The molecule has 1 aliphatic heterocycles. The Kier molecular flexibility index (Phi) is 13.0. The molecule has 0 aromatic heterocycles. The Morgan fingerprint density at radius 3 is 1.84 bits per heavy atom. The highest BCUT2D eigenvalue weighted by Gasteiger charge is 2.57. The van der Waals surface area contributed by atoms with Gasteiger partial charge in [-0.25, -0.2) is 0 Å². The summed E-state index contributed by atoms with van der Waals surface area (Å²) in [5.41, 5.74) is -0.263. The van der Waals surface area contributed by atoms with E-state index in [1.807, 2.05) is 19.1 Å². The number of alkyl halides is 5. The molecule has 3 N–H and O–H groups in total. The largest absolute Gasteiger partial charge is 0.508 e. The normalized spacial score (nSPS) is 20.0. The highest BCUT2D eigenvalue weighted by atomic mass is 32.2. The average Bonchev–Trinajstić information content (AvgIpc) is 2.97. The lowest BCUT2D eigenvalue weighted by atomic mass is 9.55. The minimum atomic E-state index is -5.58. The van der Waals surface area contributed by atoms with Gasteiger partial charge in [0.25, 0.3) is 0 Å². The molecular formula is C35H47F5O4S. The van der Waals surface area contributed by atoms with Crippen LogP contribution >= 0.6 is 11.8 Å². The summed E-state index contributed by atoms with van der Waals surface area (Å²) in [7, 11) is 0. The molecule has 0 radical (unpaired) electrons. The zero-order valence-corrected chi connectivity index (χ0v) is 27.1. The Morgan fingerprint density at radius 1 is 0.800 bits per heavy atom. The standard InChI is InChI=1S/C35H47F5O4S/c1-3-4-5-6-7-8-11-20-33(31(43)44,21-12-9-10-13-22-34(36,37)35(38,39)40)30-28-19-18-27(42)23-29(28)45-24-32(30,2)25-14-16-26(41)17-15-25/h14-19,23,30,41-42H,3-13,20-22,24H2,1-2H3,(H,43,44). The lowest BCUT2D eigenvalue weighted by Crippen LogP contribution is -2.49. The van der Waals surface area contributed by atoms with Crippen molar-refractivity contribution in [2.45, 2.75) is 132 Å². The van der Waals surface area contributed by atoms with Gasteiger partial charge in [0.2, 0.25) is 0 Å². The third kappa shape index (κ3) is 9.07. The molecule has 3 unspecified atom stereocenters. The van der Waals surface area contributed by atoms with Crippen LogP contribution in [-0.4, -0.2) is 39.1 Å². The van der Waals surface area contributed by atoms with Crippen LogP contribution in [0.5, 0.6) is 11.5 Å².